The first-order valence-electron chi connectivity index (χ1n) is 11.9. The van der Waals surface area contributed by atoms with Crippen LogP contribution in [0.2, 0.25) is 0 Å². The molecule has 2 aliphatic rings. The Morgan fingerprint density at radius 3 is 2.05 bits per heavy atom. The molecule has 12 heteroatoms. The standard InChI is InChI=1S/C25H36FN3O7S/c1-21(2,3)35-19(30)29(20(31)36-22(4,5)6)18-23(7,8)37(32,33)25(26)12-13-34-17-11-10-15(27)14-16(17)24(25,9)28-18/h10-11,14H,12-13,27H2,1-9H3/t24-,25-/m1/s1. The van der Waals surface area contributed by atoms with Crippen LogP contribution in [-0.2, 0) is 24.8 Å². The molecule has 2 atom stereocenters. The van der Waals surface area contributed by atoms with Gasteiger partial charge in [0.2, 0.25) is 5.00 Å². The molecule has 2 amide bonds. The van der Waals surface area contributed by atoms with Crippen molar-refractivity contribution in [3.05, 3.63) is 23.8 Å². The van der Waals surface area contributed by atoms with Crippen molar-refractivity contribution in [3.63, 3.8) is 0 Å². The second-order valence-electron chi connectivity index (χ2n) is 11.9. The molecule has 1 aromatic rings. The molecule has 2 aliphatic heterocycles. The van der Waals surface area contributed by atoms with Gasteiger partial charge in [0, 0.05) is 17.7 Å². The number of rotatable bonds is 0. The van der Waals surface area contributed by atoms with Gasteiger partial charge in [-0.25, -0.2) is 22.4 Å². The van der Waals surface area contributed by atoms with Crippen LogP contribution in [0.25, 0.3) is 0 Å². The maximum absolute atomic E-state index is 17.1. The molecule has 10 nitrogen and oxygen atoms in total. The molecule has 0 bridgehead atoms. The molecule has 0 unspecified atom stereocenters. The van der Waals surface area contributed by atoms with Gasteiger partial charge in [-0.05, 0) is 80.5 Å². The highest BCUT2D eigenvalue weighted by Crippen LogP contribution is 2.56. The predicted octanol–water partition coefficient (Wildman–Crippen LogP) is 4.71. The third-order valence-electron chi connectivity index (χ3n) is 6.27. The van der Waals surface area contributed by atoms with Gasteiger partial charge in [-0.2, -0.15) is 4.90 Å². The Bertz CT molecular complexity index is 1240. The summed E-state index contributed by atoms with van der Waals surface area (Å²) >= 11 is 0. The molecular weight excluding hydrogens is 505 g/mol. The molecule has 0 fully saturated rings. The number of alkyl halides is 1. The van der Waals surface area contributed by atoms with Gasteiger partial charge in [0.05, 0.1) is 6.61 Å². The Morgan fingerprint density at radius 1 is 1.05 bits per heavy atom. The highest BCUT2D eigenvalue weighted by atomic mass is 32.2. The first kappa shape index (κ1) is 28.7. The van der Waals surface area contributed by atoms with Crippen molar-refractivity contribution < 1.29 is 36.6 Å². The topological polar surface area (TPSA) is 138 Å². The van der Waals surface area contributed by atoms with Gasteiger partial charge in [-0.3, -0.25) is 4.99 Å². The fraction of sp³-hybridized carbons (Fsp3) is 0.640. The van der Waals surface area contributed by atoms with E-state index in [9.17, 15) is 18.0 Å². The summed E-state index contributed by atoms with van der Waals surface area (Å²) in [7, 11) is -4.82. The van der Waals surface area contributed by atoms with Gasteiger partial charge in [-0.15, -0.1) is 0 Å². The van der Waals surface area contributed by atoms with E-state index in [1.807, 2.05) is 0 Å². The summed E-state index contributed by atoms with van der Waals surface area (Å²) in [5.41, 5.74) is 2.02. The molecule has 0 radical (unpaired) electrons. The number of anilines is 1. The number of nitrogens with two attached hydrogens (primary N) is 1. The third kappa shape index (κ3) is 4.64. The van der Waals surface area contributed by atoms with Crippen LogP contribution in [0.3, 0.4) is 0 Å². The fourth-order valence-electron chi connectivity index (χ4n) is 4.38. The number of fused-ring (bicyclic) bond motifs is 3. The largest absolute Gasteiger partial charge is 0.493 e. The summed E-state index contributed by atoms with van der Waals surface area (Å²) < 4.78 is 59.7. The SMILES string of the molecule is CC(C)(C)OC(=O)N(C(=O)OC(C)(C)C)C1=N[C@]2(C)c3cc(N)ccc3OCC[C@@]2(F)S(=O)(=O)C1(C)C. The molecule has 0 saturated heterocycles. The summed E-state index contributed by atoms with van der Waals surface area (Å²) in [5, 5.41) is -2.96. The van der Waals surface area contributed by atoms with E-state index in [4.69, 9.17) is 19.9 Å². The van der Waals surface area contributed by atoms with Gasteiger partial charge in [0.1, 0.15) is 33.1 Å². The van der Waals surface area contributed by atoms with E-state index in [-0.39, 0.29) is 23.6 Å². The quantitative estimate of drug-likeness (QED) is 0.466. The molecule has 206 valence electrons. The smallest absolute Gasteiger partial charge is 0.425 e. The van der Waals surface area contributed by atoms with E-state index >= 15 is 4.39 Å². The zero-order valence-corrected chi connectivity index (χ0v) is 23.6. The second kappa shape index (κ2) is 8.57. The van der Waals surface area contributed by atoms with Crippen molar-refractivity contribution in [2.24, 2.45) is 4.99 Å². The van der Waals surface area contributed by atoms with Crippen molar-refractivity contribution in [1.82, 2.24) is 4.90 Å². The van der Waals surface area contributed by atoms with E-state index in [1.165, 1.54) is 39.0 Å². The van der Waals surface area contributed by atoms with Crippen LogP contribution >= 0.6 is 0 Å². The number of amides is 2. The fourth-order valence-corrected chi connectivity index (χ4v) is 6.60. The van der Waals surface area contributed by atoms with Crippen molar-refractivity contribution in [1.29, 1.82) is 0 Å². The van der Waals surface area contributed by atoms with E-state index in [2.05, 4.69) is 4.99 Å². The van der Waals surface area contributed by atoms with Crippen molar-refractivity contribution in [2.75, 3.05) is 12.3 Å². The highest BCUT2D eigenvalue weighted by molar-refractivity contribution is 7.95. The average molecular weight is 542 g/mol. The van der Waals surface area contributed by atoms with Crippen LogP contribution in [-0.4, -0.2) is 58.9 Å². The molecule has 0 aliphatic carbocycles. The van der Waals surface area contributed by atoms with Crippen molar-refractivity contribution >= 4 is 33.5 Å². The predicted molar refractivity (Wildman–Crippen MR) is 137 cm³/mol. The minimum atomic E-state index is -4.82. The van der Waals surface area contributed by atoms with Crippen LogP contribution in [0.5, 0.6) is 5.75 Å². The van der Waals surface area contributed by atoms with Crippen molar-refractivity contribution in [2.45, 2.75) is 95.2 Å². The summed E-state index contributed by atoms with van der Waals surface area (Å²) in [6.07, 6.45) is -2.97. The molecule has 0 spiro atoms. The van der Waals surface area contributed by atoms with Gasteiger partial charge in [0.25, 0.3) is 0 Å². The van der Waals surface area contributed by atoms with Crippen LogP contribution in [0.1, 0.15) is 74.3 Å². The number of benzene rings is 1. The Morgan fingerprint density at radius 2 is 1.57 bits per heavy atom. The number of ether oxygens (including phenoxy) is 3. The molecule has 3 rings (SSSR count). The van der Waals surface area contributed by atoms with E-state index in [0.29, 0.717) is 4.90 Å². The first-order chi connectivity index (χ1) is 16.6. The number of nitrogens with zero attached hydrogens (tertiary/aromatic N) is 2. The molecule has 2 heterocycles. The molecular formula is C25H36FN3O7S. The lowest BCUT2D eigenvalue weighted by Crippen LogP contribution is -2.68. The maximum Gasteiger partial charge on any atom is 0.425 e. The summed E-state index contributed by atoms with van der Waals surface area (Å²) in [4.78, 5) is 31.8. The number of sulfone groups is 1. The number of amidine groups is 1. The van der Waals surface area contributed by atoms with Gasteiger partial charge in [0.15, 0.2) is 9.84 Å². The summed E-state index contributed by atoms with van der Waals surface area (Å²) in [5.74, 6) is -0.350. The summed E-state index contributed by atoms with van der Waals surface area (Å²) in [6.45, 7) is 12.9. The third-order valence-corrected chi connectivity index (χ3v) is 9.25. The Hall–Kier alpha value is -2.89. The van der Waals surface area contributed by atoms with E-state index in [1.54, 1.807) is 41.5 Å². The van der Waals surface area contributed by atoms with Gasteiger partial charge >= 0.3 is 12.2 Å². The number of carbonyl (C=O) groups is 2. The molecule has 0 saturated carbocycles. The first-order valence-corrected chi connectivity index (χ1v) is 13.4. The molecule has 37 heavy (non-hydrogen) atoms. The molecule has 2 N–H and O–H groups in total. The molecule has 0 aromatic heterocycles. The van der Waals surface area contributed by atoms with Crippen LogP contribution in [0.15, 0.2) is 23.2 Å². The molecule has 1 aromatic carbocycles. The zero-order chi connectivity index (χ0) is 28.4. The van der Waals surface area contributed by atoms with Gasteiger partial charge in [-0.1, -0.05) is 0 Å². The number of hydrogen-bond acceptors (Lipinski definition) is 9. The number of carbonyl (C=O) groups excluding carboxylic acids is 2. The average Bonchev–Trinajstić information content (AvgIpc) is 2.80. The van der Waals surface area contributed by atoms with E-state index in [0.717, 1.165) is 0 Å². The second-order valence-corrected chi connectivity index (χ2v) is 14.6. The lowest BCUT2D eigenvalue weighted by Gasteiger charge is -2.49. The number of halogens is 1. The monoisotopic (exact) mass is 541 g/mol. The summed E-state index contributed by atoms with van der Waals surface area (Å²) in [6, 6.07) is 4.42. The van der Waals surface area contributed by atoms with Gasteiger partial charge < -0.3 is 19.9 Å². The van der Waals surface area contributed by atoms with Crippen LogP contribution in [0.4, 0.5) is 19.7 Å². The maximum atomic E-state index is 17.1. The van der Waals surface area contributed by atoms with Crippen LogP contribution < -0.4 is 10.5 Å². The number of hydrogen-bond donors (Lipinski definition) is 1. The highest BCUT2D eigenvalue weighted by Gasteiger charge is 2.71. The van der Waals surface area contributed by atoms with Crippen molar-refractivity contribution in [3.8, 4) is 5.75 Å². The Balaban J connectivity index is 2.40. The minimum Gasteiger partial charge on any atom is -0.493 e. The lowest BCUT2D eigenvalue weighted by atomic mass is 9.84. The zero-order valence-electron chi connectivity index (χ0n) is 22.8. The number of nitrogen functional groups attached to an aromatic ring is 1. The van der Waals surface area contributed by atoms with Crippen LogP contribution in [0, 0.1) is 0 Å². The number of imide groups is 1. The van der Waals surface area contributed by atoms with E-state index < -0.39 is 60.8 Å². The Kier molecular flexibility index (Phi) is 6.64. The normalized spacial score (nSPS) is 26.4. The Labute approximate surface area is 217 Å². The minimum absolute atomic E-state index is 0.0670. The number of aliphatic imine (C=N–C) groups is 1. The lowest BCUT2D eigenvalue weighted by molar-refractivity contribution is 0.0133.